The topological polar surface area (TPSA) is 96.6 Å². The van der Waals surface area contributed by atoms with Crippen LogP contribution in [0.25, 0.3) is 11.0 Å². The Bertz CT molecular complexity index is 818. The maximum atomic E-state index is 11.4. The largest absolute Gasteiger partial charge is 0.416 e. The summed E-state index contributed by atoms with van der Waals surface area (Å²) in [5, 5.41) is 0.661. The molecule has 1 heterocycles. The molecular formula is C12H15N2O5S+. The number of benzene rings is 1. The Morgan fingerprint density at radius 2 is 1.75 bits per heavy atom. The normalized spacial score (nSPS) is 12.6. The summed E-state index contributed by atoms with van der Waals surface area (Å²) in [5.74, 6) is 0. The molecule has 0 unspecified atom stereocenters. The molecule has 0 amide bonds. The summed E-state index contributed by atoms with van der Waals surface area (Å²) in [6, 6.07) is 6.00. The van der Waals surface area contributed by atoms with Crippen LogP contribution in [0.1, 0.15) is 0 Å². The van der Waals surface area contributed by atoms with Crippen molar-refractivity contribution in [1.82, 2.24) is 4.48 Å². The van der Waals surface area contributed by atoms with E-state index in [4.69, 9.17) is 8.97 Å². The van der Waals surface area contributed by atoms with E-state index in [-0.39, 0.29) is 15.8 Å². The summed E-state index contributed by atoms with van der Waals surface area (Å²) in [5.41, 5.74) is 0.342. The molecule has 0 spiro atoms. The summed E-state index contributed by atoms with van der Waals surface area (Å²) in [7, 11) is 0.947. The van der Waals surface area contributed by atoms with Crippen LogP contribution in [0.3, 0.4) is 0 Å². The van der Waals surface area contributed by atoms with Crippen molar-refractivity contribution in [2.24, 2.45) is 0 Å². The molecule has 0 aliphatic heterocycles. The average Bonchev–Trinajstić information content (AvgIpc) is 2.24. The molecule has 2 aromatic rings. The van der Waals surface area contributed by atoms with E-state index in [1.165, 1.54) is 12.1 Å². The predicted octanol–water partition coefficient (Wildman–Crippen LogP) is 1.20. The van der Waals surface area contributed by atoms with Gasteiger partial charge in [0.1, 0.15) is 5.69 Å². The van der Waals surface area contributed by atoms with E-state index in [1.54, 1.807) is 33.3 Å². The molecule has 1 aromatic heterocycles. The fraction of sp³-hybridized carbons (Fsp3) is 0.250. The van der Waals surface area contributed by atoms with Gasteiger partial charge in [-0.1, -0.05) is 0 Å². The molecule has 0 saturated heterocycles. The molecule has 2 N–H and O–H groups in total. The number of rotatable bonds is 3. The number of fused-ring (bicyclic) bond motifs is 1. The molecule has 0 bridgehead atoms. The summed E-state index contributed by atoms with van der Waals surface area (Å²) >= 11 is 0. The van der Waals surface area contributed by atoms with Gasteiger partial charge in [0.05, 0.1) is 21.1 Å². The number of quaternary nitrogens is 1. The van der Waals surface area contributed by atoms with Crippen LogP contribution in [0.5, 0.6) is 0 Å². The minimum absolute atomic E-state index is 0.154. The number of hydrogen-bond acceptors (Lipinski definition) is 4. The molecule has 0 aliphatic carbocycles. The highest BCUT2D eigenvalue weighted by Gasteiger charge is 2.25. The van der Waals surface area contributed by atoms with Gasteiger partial charge in [-0.25, -0.2) is 4.79 Å². The van der Waals surface area contributed by atoms with Crippen LogP contribution in [-0.4, -0.2) is 34.1 Å². The van der Waals surface area contributed by atoms with Gasteiger partial charge in [0.25, 0.3) is 0 Å². The van der Waals surface area contributed by atoms with Gasteiger partial charge in [-0.3, -0.25) is 13.8 Å². The van der Waals surface area contributed by atoms with Gasteiger partial charge >= 0.3 is 15.9 Å². The second-order valence-corrected chi connectivity index (χ2v) is 6.38. The zero-order chi connectivity index (χ0) is 15.1. The minimum atomic E-state index is -4.42. The van der Waals surface area contributed by atoms with Crippen LogP contribution in [0, 0.1) is 0 Å². The van der Waals surface area contributed by atoms with Gasteiger partial charge in [-0.05, 0) is 18.2 Å². The Morgan fingerprint density at radius 3 is 2.30 bits per heavy atom. The Hall–Kier alpha value is -1.90. The zero-order valence-corrected chi connectivity index (χ0v) is 12.1. The summed E-state index contributed by atoms with van der Waals surface area (Å²) in [6.45, 7) is 0. The molecule has 2 rings (SSSR count). The molecule has 8 heteroatoms. The summed E-state index contributed by atoms with van der Waals surface area (Å²) < 4.78 is 38.4. The van der Waals surface area contributed by atoms with Crippen LogP contribution in [0.2, 0.25) is 0 Å². The lowest BCUT2D eigenvalue weighted by Gasteiger charge is -2.26. The lowest BCUT2D eigenvalue weighted by atomic mass is 10.1. The maximum Gasteiger partial charge on any atom is 0.357 e. The van der Waals surface area contributed by atoms with Gasteiger partial charge in [-0.15, -0.1) is 0 Å². The lowest BCUT2D eigenvalue weighted by molar-refractivity contribution is 0.473. The van der Waals surface area contributed by atoms with Crippen molar-refractivity contribution in [2.75, 3.05) is 25.9 Å². The highest BCUT2D eigenvalue weighted by Crippen LogP contribution is 2.36. The van der Waals surface area contributed by atoms with E-state index >= 15 is 0 Å². The Morgan fingerprint density at radius 1 is 1.15 bits per heavy atom. The van der Waals surface area contributed by atoms with Gasteiger partial charge in [0.2, 0.25) is 11.3 Å². The Labute approximate surface area is 115 Å². The first-order valence-electron chi connectivity index (χ1n) is 5.72. The minimum Gasteiger partial charge on any atom is -0.416 e. The molecule has 0 atom stereocenters. The third-order valence-corrected chi connectivity index (χ3v) is 3.15. The SMILES string of the molecule is C[N+](C)(C)c1c(NS(=O)(=O)O)ccc2ccc(=O)oc12. The van der Waals surface area contributed by atoms with E-state index < -0.39 is 15.9 Å². The van der Waals surface area contributed by atoms with Crippen LogP contribution >= 0.6 is 0 Å². The zero-order valence-electron chi connectivity index (χ0n) is 11.2. The Balaban J connectivity index is 2.86. The van der Waals surface area contributed by atoms with Crippen LogP contribution in [0.4, 0.5) is 11.4 Å². The number of nitrogens with zero attached hydrogens (tertiary/aromatic N) is 1. The standard InChI is InChI=1S/C12H14N2O5S/c1-14(2,3)11-9(13-20(16,17)18)6-4-8-5-7-10(15)19-12(8)11/h4-7H,1-3H3,(H-,13,15,16,17,18)/p+1. The summed E-state index contributed by atoms with van der Waals surface area (Å²) in [4.78, 5) is 11.4. The second kappa shape index (κ2) is 4.58. The van der Waals surface area contributed by atoms with Crippen molar-refractivity contribution in [3.05, 3.63) is 34.7 Å². The van der Waals surface area contributed by atoms with E-state index in [2.05, 4.69) is 0 Å². The van der Waals surface area contributed by atoms with Crippen molar-refractivity contribution >= 4 is 32.6 Å². The van der Waals surface area contributed by atoms with Crippen LogP contribution in [0.15, 0.2) is 33.5 Å². The molecule has 0 aliphatic rings. The molecule has 1 aromatic carbocycles. The van der Waals surface area contributed by atoms with E-state index in [0.717, 1.165) is 0 Å². The lowest BCUT2D eigenvalue weighted by Crippen LogP contribution is -2.36. The smallest absolute Gasteiger partial charge is 0.357 e. The first-order chi connectivity index (χ1) is 9.08. The highest BCUT2D eigenvalue weighted by atomic mass is 32.2. The van der Waals surface area contributed by atoms with E-state index in [0.29, 0.717) is 11.1 Å². The third kappa shape index (κ3) is 2.98. The van der Waals surface area contributed by atoms with Crippen molar-refractivity contribution in [3.63, 3.8) is 0 Å². The van der Waals surface area contributed by atoms with Gasteiger partial charge < -0.3 is 4.42 Å². The number of anilines is 1. The number of hydrogen-bond donors (Lipinski definition) is 2. The van der Waals surface area contributed by atoms with Crippen molar-refractivity contribution < 1.29 is 17.4 Å². The van der Waals surface area contributed by atoms with Gasteiger partial charge in [-0.2, -0.15) is 8.42 Å². The molecular weight excluding hydrogens is 284 g/mol. The van der Waals surface area contributed by atoms with Crippen molar-refractivity contribution in [2.45, 2.75) is 0 Å². The van der Waals surface area contributed by atoms with Crippen molar-refractivity contribution in [3.8, 4) is 0 Å². The van der Waals surface area contributed by atoms with E-state index in [9.17, 15) is 13.2 Å². The van der Waals surface area contributed by atoms with E-state index in [1.807, 2.05) is 4.72 Å². The molecule has 20 heavy (non-hydrogen) atoms. The van der Waals surface area contributed by atoms with Crippen LogP contribution < -0.4 is 14.8 Å². The first kappa shape index (κ1) is 14.5. The fourth-order valence-electron chi connectivity index (χ4n) is 2.01. The molecule has 108 valence electrons. The molecule has 0 saturated carbocycles. The average molecular weight is 299 g/mol. The number of nitrogens with one attached hydrogen (secondary N) is 1. The molecule has 0 radical (unpaired) electrons. The molecule has 0 fully saturated rings. The monoisotopic (exact) mass is 299 g/mol. The quantitative estimate of drug-likeness (QED) is 0.504. The fourth-order valence-corrected chi connectivity index (χ4v) is 2.45. The third-order valence-electron chi connectivity index (χ3n) is 2.67. The molecule has 7 nitrogen and oxygen atoms in total. The van der Waals surface area contributed by atoms with Crippen LogP contribution in [-0.2, 0) is 10.3 Å². The second-order valence-electron chi connectivity index (χ2n) is 5.22. The van der Waals surface area contributed by atoms with Gasteiger partial charge in [0.15, 0.2) is 0 Å². The highest BCUT2D eigenvalue weighted by molar-refractivity contribution is 7.87. The van der Waals surface area contributed by atoms with Gasteiger partial charge in [0, 0.05) is 11.5 Å². The first-order valence-corrected chi connectivity index (χ1v) is 7.16. The maximum absolute atomic E-state index is 11.4. The predicted molar refractivity (Wildman–Crippen MR) is 77.2 cm³/mol. The summed E-state index contributed by atoms with van der Waals surface area (Å²) in [6.07, 6.45) is 0. The Kier molecular flexibility index (Phi) is 3.32. The van der Waals surface area contributed by atoms with Crippen molar-refractivity contribution in [1.29, 1.82) is 0 Å².